The standard InChI is InChI=1S/C51H58N2O10S/c1-4-26-60-51-47(53(50(56)57-2)31-35-16-22-45-46(27-35)59-33-58-45)30-43(52-61-32-34-12-6-5-7-13-34)41-28-36(14-8-10-24-54)40(15-9-11-25-55)48(49(41)51)42-29-38(19-23-44(42)63-51)62-37-17-20-39(64-3)21-18-37/h4-7,12-13,16-23,27-29,36,40,47-49,54-55H,1,8-11,14-15,24-26,30-33H2,2-3H3/t36-,40+,47-,48+,49+,51+/m0/s1. The smallest absolute Gasteiger partial charge is 0.410 e. The highest BCUT2D eigenvalue weighted by Gasteiger charge is 2.65. The Morgan fingerprint density at radius 1 is 0.906 bits per heavy atom. The summed E-state index contributed by atoms with van der Waals surface area (Å²) in [6.45, 7) is 4.86. The SMILES string of the molecule is C=CCO[C@@]12Oc3ccc(Oc4ccc(SC)cc4)cc3[C@H]3[C@H](CCCCO)[C@@H](CCCCO)C=C(C(=NOCc4ccccc4)C[C@@H]1N(Cc1ccc4c(c1)OCO4)C(=O)OC)[C@H]32. The Labute approximate surface area is 379 Å². The lowest BCUT2D eigenvalue weighted by Crippen LogP contribution is -2.70. The number of aliphatic hydroxyl groups excluding tert-OH is 2. The van der Waals surface area contributed by atoms with Crippen molar-refractivity contribution < 1.29 is 48.3 Å². The maximum absolute atomic E-state index is 14.4. The first-order chi connectivity index (χ1) is 31.4. The van der Waals surface area contributed by atoms with Crippen LogP contribution in [0.15, 0.2) is 125 Å². The van der Waals surface area contributed by atoms with Crippen molar-refractivity contribution in [1.29, 1.82) is 0 Å². The molecule has 0 radical (unpaired) electrons. The number of ether oxygens (including phenoxy) is 6. The van der Waals surface area contributed by atoms with Gasteiger partial charge in [0.05, 0.1) is 25.3 Å². The topological polar surface area (TPSA) is 138 Å². The largest absolute Gasteiger partial charge is 0.459 e. The van der Waals surface area contributed by atoms with Gasteiger partial charge in [-0.25, -0.2) is 4.79 Å². The average molecular weight is 891 g/mol. The first-order valence-electron chi connectivity index (χ1n) is 22.2. The van der Waals surface area contributed by atoms with Crippen molar-refractivity contribution in [2.45, 2.75) is 80.7 Å². The van der Waals surface area contributed by atoms with Gasteiger partial charge in [-0.1, -0.05) is 66.5 Å². The zero-order valence-corrected chi connectivity index (χ0v) is 37.4. The summed E-state index contributed by atoms with van der Waals surface area (Å²) in [5.41, 5.74) is 4.33. The average Bonchev–Trinajstić information content (AvgIpc) is 3.80. The van der Waals surface area contributed by atoms with Crippen LogP contribution in [0.5, 0.6) is 28.7 Å². The van der Waals surface area contributed by atoms with Gasteiger partial charge in [0.2, 0.25) is 12.6 Å². The fourth-order valence-corrected chi connectivity index (χ4v) is 10.3. The summed E-state index contributed by atoms with van der Waals surface area (Å²) < 4.78 is 38.0. The minimum atomic E-state index is -1.47. The molecule has 12 nitrogen and oxygen atoms in total. The number of nitrogens with zero attached hydrogens (tertiary/aromatic N) is 2. The Balaban J connectivity index is 1.32. The van der Waals surface area contributed by atoms with Gasteiger partial charge in [-0.15, -0.1) is 18.3 Å². The zero-order valence-electron chi connectivity index (χ0n) is 36.6. The van der Waals surface area contributed by atoms with Crippen LogP contribution in [-0.4, -0.2) is 78.7 Å². The molecule has 4 aliphatic rings. The predicted octanol–water partition coefficient (Wildman–Crippen LogP) is 10.0. The van der Waals surface area contributed by atoms with E-state index in [9.17, 15) is 15.0 Å². The molecule has 13 heteroatoms. The Morgan fingerprint density at radius 2 is 1.66 bits per heavy atom. The van der Waals surface area contributed by atoms with Crippen LogP contribution in [0.3, 0.4) is 0 Å². The molecule has 8 rings (SSSR count). The van der Waals surface area contributed by atoms with Crippen molar-refractivity contribution in [1.82, 2.24) is 4.90 Å². The van der Waals surface area contributed by atoms with Gasteiger partial charge < -0.3 is 43.5 Å². The van der Waals surface area contributed by atoms with Crippen molar-refractivity contribution in [2.24, 2.45) is 22.9 Å². The predicted molar refractivity (Wildman–Crippen MR) is 245 cm³/mol. The first-order valence-corrected chi connectivity index (χ1v) is 23.4. The third-order valence-corrected chi connectivity index (χ3v) is 13.5. The number of allylic oxidation sites excluding steroid dienone is 1. The van der Waals surface area contributed by atoms with Gasteiger partial charge in [-0.3, -0.25) is 4.90 Å². The van der Waals surface area contributed by atoms with Gasteiger partial charge in [0, 0.05) is 42.6 Å². The molecule has 0 saturated heterocycles. The van der Waals surface area contributed by atoms with Gasteiger partial charge in [-0.05, 0) is 115 Å². The highest BCUT2D eigenvalue weighted by molar-refractivity contribution is 7.98. The quantitative estimate of drug-likeness (QED) is 0.0380. The molecule has 1 saturated carbocycles. The molecular weight excluding hydrogens is 833 g/mol. The van der Waals surface area contributed by atoms with E-state index in [1.807, 2.05) is 91.2 Å². The molecule has 0 unspecified atom stereocenters. The molecule has 0 spiro atoms. The molecule has 1 amide bonds. The molecule has 2 aliphatic carbocycles. The summed E-state index contributed by atoms with van der Waals surface area (Å²) >= 11 is 1.67. The van der Waals surface area contributed by atoms with Crippen LogP contribution < -0.4 is 18.9 Å². The molecule has 64 heavy (non-hydrogen) atoms. The fraction of sp³-hybridized carbons (Fsp3) is 0.412. The number of amides is 1. The summed E-state index contributed by atoms with van der Waals surface area (Å²) in [7, 11) is 1.38. The van der Waals surface area contributed by atoms with Crippen LogP contribution in [0.25, 0.3) is 0 Å². The number of fused-ring (bicyclic) bond motifs is 3. The van der Waals surface area contributed by atoms with Gasteiger partial charge >= 0.3 is 6.09 Å². The van der Waals surface area contributed by atoms with E-state index < -0.39 is 23.8 Å². The Hall–Kier alpha value is -5.47. The van der Waals surface area contributed by atoms with E-state index in [4.69, 9.17) is 38.4 Å². The minimum absolute atomic E-state index is 0.0372. The second kappa shape index (κ2) is 21.0. The summed E-state index contributed by atoms with van der Waals surface area (Å²) in [4.78, 5) is 23.5. The number of hydrogen-bond donors (Lipinski definition) is 2. The van der Waals surface area contributed by atoms with Crippen LogP contribution in [0.4, 0.5) is 4.79 Å². The van der Waals surface area contributed by atoms with E-state index >= 15 is 0 Å². The lowest BCUT2D eigenvalue weighted by Gasteiger charge is -2.59. The van der Waals surface area contributed by atoms with Gasteiger partial charge in [-0.2, -0.15) is 0 Å². The molecule has 4 aromatic carbocycles. The first kappa shape index (κ1) is 45.1. The van der Waals surface area contributed by atoms with Crippen molar-refractivity contribution >= 4 is 23.6 Å². The second-order valence-corrected chi connectivity index (χ2v) is 17.5. The van der Waals surface area contributed by atoms with E-state index in [0.717, 1.165) is 52.8 Å². The molecule has 338 valence electrons. The fourth-order valence-electron chi connectivity index (χ4n) is 9.91. The number of hydrogen-bond acceptors (Lipinski definition) is 12. The number of methoxy groups -OCH3 is 1. The zero-order chi connectivity index (χ0) is 44.5. The van der Waals surface area contributed by atoms with Crippen LogP contribution in [0, 0.1) is 17.8 Å². The number of rotatable bonds is 20. The van der Waals surface area contributed by atoms with Gasteiger partial charge in [0.15, 0.2) is 11.5 Å². The van der Waals surface area contributed by atoms with Crippen molar-refractivity contribution in [3.8, 4) is 28.7 Å². The van der Waals surface area contributed by atoms with E-state index in [-0.39, 0.29) is 63.9 Å². The third kappa shape index (κ3) is 9.63. The Morgan fingerprint density at radius 3 is 2.41 bits per heavy atom. The number of carbonyl (C=O) groups is 1. The maximum Gasteiger partial charge on any atom is 0.410 e. The number of oxime groups is 1. The van der Waals surface area contributed by atoms with Crippen molar-refractivity contribution in [3.05, 3.63) is 132 Å². The number of carbonyl (C=O) groups excluding carboxylic acids is 1. The second-order valence-electron chi connectivity index (χ2n) is 16.6. The Kier molecular flexibility index (Phi) is 14.8. The highest BCUT2D eigenvalue weighted by Crippen LogP contribution is 2.62. The molecule has 2 N–H and O–H groups in total. The van der Waals surface area contributed by atoms with Gasteiger partial charge in [0.1, 0.15) is 29.9 Å². The summed E-state index contributed by atoms with van der Waals surface area (Å²) in [5.74, 6) is 1.11. The summed E-state index contributed by atoms with van der Waals surface area (Å²) in [6, 6.07) is 28.7. The molecular formula is C51H58N2O10S. The van der Waals surface area contributed by atoms with E-state index in [1.54, 1.807) is 22.7 Å². The number of thioether (sulfide) groups is 1. The monoisotopic (exact) mass is 890 g/mol. The van der Waals surface area contributed by atoms with Crippen LogP contribution in [0.1, 0.15) is 67.6 Å². The molecule has 0 bridgehead atoms. The van der Waals surface area contributed by atoms with Crippen molar-refractivity contribution in [2.75, 3.05) is 40.0 Å². The summed E-state index contributed by atoms with van der Waals surface area (Å²) in [6.07, 6.45) is 10.3. The summed E-state index contributed by atoms with van der Waals surface area (Å²) in [5, 5.41) is 24.9. The minimum Gasteiger partial charge on any atom is -0.459 e. The lowest BCUT2D eigenvalue weighted by molar-refractivity contribution is -0.256. The molecule has 0 aromatic heterocycles. The van der Waals surface area contributed by atoms with E-state index in [1.165, 1.54) is 7.11 Å². The molecule has 2 aliphatic heterocycles. The van der Waals surface area contributed by atoms with Gasteiger partial charge in [0.25, 0.3) is 0 Å². The van der Waals surface area contributed by atoms with Crippen molar-refractivity contribution in [3.63, 3.8) is 0 Å². The van der Waals surface area contributed by atoms with Crippen LogP contribution in [-0.2, 0) is 27.5 Å². The highest BCUT2D eigenvalue weighted by atomic mass is 32.2. The van der Waals surface area contributed by atoms with Crippen LogP contribution in [0.2, 0.25) is 0 Å². The molecule has 4 aromatic rings. The maximum atomic E-state index is 14.4. The lowest BCUT2D eigenvalue weighted by atomic mass is 9.55. The molecule has 2 heterocycles. The van der Waals surface area contributed by atoms with Crippen LogP contribution >= 0.6 is 11.8 Å². The normalized spacial score (nSPS) is 23.3. The number of aliphatic hydroxyl groups is 2. The van der Waals surface area contributed by atoms with E-state index in [0.29, 0.717) is 47.3 Å². The Bertz CT molecular complexity index is 2290. The number of unbranched alkanes of at least 4 members (excludes halogenated alkanes) is 2. The third-order valence-electron chi connectivity index (χ3n) is 12.8. The number of benzene rings is 4. The van der Waals surface area contributed by atoms with E-state index in [2.05, 4.69) is 18.7 Å². The molecule has 6 atom stereocenters. The molecule has 1 fully saturated rings.